The summed E-state index contributed by atoms with van der Waals surface area (Å²) in [6.45, 7) is 0.446. The largest absolute Gasteiger partial charge is 0.369 e. The molecule has 0 bridgehead atoms. The summed E-state index contributed by atoms with van der Waals surface area (Å²) in [4.78, 5) is 11.5. The van der Waals surface area contributed by atoms with E-state index in [9.17, 15) is 9.18 Å². The summed E-state index contributed by atoms with van der Waals surface area (Å²) < 4.78 is 13.4. The zero-order valence-corrected chi connectivity index (χ0v) is 11.4. The van der Waals surface area contributed by atoms with Crippen LogP contribution in [-0.2, 0) is 4.79 Å². The van der Waals surface area contributed by atoms with Crippen LogP contribution in [0.3, 0.4) is 0 Å². The van der Waals surface area contributed by atoms with Gasteiger partial charge in [-0.3, -0.25) is 4.79 Å². The van der Waals surface area contributed by atoms with Crippen molar-refractivity contribution in [3.63, 3.8) is 0 Å². The smallest absolute Gasteiger partial charge is 0.226 e. The summed E-state index contributed by atoms with van der Waals surface area (Å²) in [5.41, 5.74) is 5.98. The number of rotatable bonds is 5. The van der Waals surface area contributed by atoms with Crippen LogP contribution in [0.15, 0.2) is 18.2 Å². The number of carbonyl (C=O) groups is 1. The van der Waals surface area contributed by atoms with E-state index < -0.39 is 17.6 Å². The molecule has 1 amide bonds. The number of amides is 1. The second kappa shape index (κ2) is 6.35. The lowest BCUT2D eigenvalue weighted by atomic mass is 9.98. The van der Waals surface area contributed by atoms with Gasteiger partial charge >= 0.3 is 0 Å². The van der Waals surface area contributed by atoms with Crippen LogP contribution in [0.2, 0.25) is 5.02 Å². The predicted molar refractivity (Wildman–Crippen MR) is 73.6 cm³/mol. The molecule has 0 heterocycles. The van der Waals surface area contributed by atoms with E-state index in [1.54, 1.807) is 6.07 Å². The van der Waals surface area contributed by atoms with E-state index in [-0.39, 0.29) is 5.02 Å². The number of halogens is 2. The van der Waals surface area contributed by atoms with Gasteiger partial charge in [0.2, 0.25) is 5.91 Å². The first-order chi connectivity index (χ1) is 9.08. The van der Waals surface area contributed by atoms with Crippen molar-refractivity contribution < 1.29 is 9.18 Å². The molecule has 0 aromatic heterocycles. The fraction of sp³-hybridized carbons (Fsp3) is 0.500. The molecule has 104 valence electrons. The highest BCUT2D eigenvalue weighted by Crippen LogP contribution is 2.23. The Balaban J connectivity index is 2.05. The van der Waals surface area contributed by atoms with Gasteiger partial charge in [-0.1, -0.05) is 30.5 Å². The monoisotopic (exact) mass is 284 g/mol. The Kier molecular flexibility index (Phi) is 4.77. The highest BCUT2D eigenvalue weighted by atomic mass is 35.5. The molecule has 0 spiro atoms. The normalized spacial score (nSPS) is 17.6. The van der Waals surface area contributed by atoms with Crippen LogP contribution < -0.4 is 11.1 Å². The molecule has 1 aliphatic rings. The lowest BCUT2D eigenvalue weighted by Gasteiger charge is -2.18. The minimum Gasteiger partial charge on any atom is -0.369 e. The molecule has 0 radical (unpaired) electrons. The first-order valence-electron chi connectivity index (χ1n) is 6.55. The van der Waals surface area contributed by atoms with Crippen molar-refractivity contribution in [2.24, 2.45) is 5.73 Å². The molecule has 3 nitrogen and oxygen atoms in total. The van der Waals surface area contributed by atoms with Crippen molar-refractivity contribution in [2.75, 3.05) is 6.54 Å². The second-order valence-corrected chi connectivity index (χ2v) is 5.43. The zero-order valence-electron chi connectivity index (χ0n) is 10.7. The first-order valence-corrected chi connectivity index (χ1v) is 6.93. The maximum absolute atomic E-state index is 13.4. The summed E-state index contributed by atoms with van der Waals surface area (Å²) in [5, 5.41) is 3.39. The summed E-state index contributed by atoms with van der Waals surface area (Å²) in [7, 11) is 0. The molecule has 3 N–H and O–H groups in total. The summed E-state index contributed by atoms with van der Waals surface area (Å²) in [6.07, 6.45) is 4.68. The maximum atomic E-state index is 13.4. The Bertz CT molecular complexity index is 461. The lowest BCUT2D eigenvalue weighted by Crippen LogP contribution is -2.36. The Morgan fingerprint density at radius 3 is 2.74 bits per heavy atom. The number of hydrogen-bond acceptors (Lipinski definition) is 2. The van der Waals surface area contributed by atoms with Crippen molar-refractivity contribution in [1.29, 1.82) is 0 Å². The van der Waals surface area contributed by atoms with Gasteiger partial charge in [0.15, 0.2) is 0 Å². The Labute approximate surface area is 117 Å². The van der Waals surface area contributed by atoms with Crippen molar-refractivity contribution in [3.05, 3.63) is 34.6 Å². The molecular formula is C14H18ClFN2O. The Morgan fingerprint density at radius 2 is 2.16 bits per heavy atom. The Hall–Kier alpha value is -1.13. The molecule has 19 heavy (non-hydrogen) atoms. The number of hydrogen-bond donors (Lipinski definition) is 2. The van der Waals surface area contributed by atoms with Gasteiger partial charge < -0.3 is 11.1 Å². The van der Waals surface area contributed by atoms with Gasteiger partial charge in [0.05, 0.1) is 10.9 Å². The molecule has 1 aromatic rings. The number of carbonyl (C=O) groups excluding carboxylic acids is 1. The van der Waals surface area contributed by atoms with Crippen molar-refractivity contribution in [2.45, 2.75) is 37.6 Å². The SMILES string of the molecule is NC(=O)[C@H](CNC1CCCC1)c1ccc(Cl)c(F)c1. The third-order valence-corrected chi connectivity index (χ3v) is 3.96. The van der Waals surface area contributed by atoms with E-state index >= 15 is 0 Å². The molecule has 1 aromatic carbocycles. The van der Waals surface area contributed by atoms with Crippen LogP contribution in [0, 0.1) is 5.82 Å². The van der Waals surface area contributed by atoms with Crippen LogP contribution in [0.4, 0.5) is 4.39 Å². The van der Waals surface area contributed by atoms with E-state index in [1.165, 1.54) is 25.0 Å². The van der Waals surface area contributed by atoms with Crippen LogP contribution in [0.25, 0.3) is 0 Å². The van der Waals surface area contributed by atoms with E-state index in [1.807, 2.05) is 0 Å². The topological polar surface area (TPSA) is 55.1 Å². The third-order valence-electron chi connectivity index (χ3n) is 3.66. The highest BCUT2D eigenvalue weighted by Gasteiger charge is 2.22. The summed E-state index contributed by atoms with van der Waals surface area (Å²) in [6, 6.07) is 4.84. The van der Waals surface area contributed by atoms with E-state index in [0.717, 1.165) is 12.8 Å². The van der Waals surface area contributed by atoms with Crippen LogP contribution in [-0.4, -0.2) is 18.5 Å². The zero-order chi connectivity index (χ0) is 13.8. The van der Waals surface area contributed by atoms with Crippen LogP contribution in [0.1, 0.15) is 37.2 Å². The average molecular weight is 285 g/mol. The van der Waals surface area contributed by atoms with Crippen molar-refractivity contribution in [1.82, 2.24) is 5.32 Å². The van der Waals surface area contributed by atoms with Crippen LogP contribution in [0.5, 0.6) is 0 Å². The number of benzene rings is 1. The average Bonchev–Trinajstić information content (AvgIpc) is 2.86. The van der Waals surface area contributed by atoms with Crippen LogP contribution >= 0.6 is 11.6 Å². The molecule has 1 atom stereocenters. The van der Waals surface area contributed by atoms with Crippen molar-refractivity contribution >= 4 is 17.5 Å². The number of primary amides is 1. The van der Waals surface area contributed by atoms with Gasteiger partial charge in [0, 0.05) is 12.6 Å². The molecule has 5 heteroatoms. The third kappa shape index (κ3) is 3.67. The van der Waals surface area contributed by atoms with Gasteiger partial charge in [0.25, 0.3) is 0 Å². The van der Waals surface area contributed by atoms with E-state index in [2.05, 4.69) is 5.32 Å². The molecule has 0 aliphatic heterocycles. The number of nitrogens with one attached hydrogen (secondary N) is 1. The molecular weight excluding hydrogens is 267 g/mol. The second-order valence-electron chi connectivity index (χ2n) is 5.02. The molecule has 0 unspecified atom stereocenters. The fourth-order valence-corrected chi connectivity index (χ4v) is 2.64. The molecule has 1 fully saturated rings. The highest BCUT2D eigenvalue weighted by molar-refractivity contribution is 6.30. The van der Waals surface area contributed by atoms with Gasteiger partial charge in [-0.2, -0.15) is 0 Å². The van der Waals surface area contributed by atoms with Crippen molar-refractivity contribution in [3.8, 4) is 0 Å². The minimum atomic E-state index is -0.522. The van der Waals surface area contributed by atoms with Gasteiger partial charge in [-0.05, 0) is 30.5 Å². The van der Waals surface area contributed by atoms with E-state index in [0.29, 0.717) is 18.2 Å². The molecule has 1 aliphatic carbocycles. The summed E-state index contributed by atoms with van der Waals surface area (Å²) in [5.74, 6) is -1.49. The molecule has 0 saturated heterocycles. The maximum Gasteiger partial charge on any atom is 0.226 e. The lowest BCUT2D eigenvalue weighted by molar-refractivity contribution is -0.119. The standard InChI is InChI=1S/C14H18ClFN2O/c15-12-6-5-9(7-13(12)16)11(14(17)19)8-18-10-3-1-2-4-10/h5-7,10-11,18H,1-4,8H2,(H2,17,19)/t11-/m1/s1. The van der Waals surface area contributed by atoms with Gasteiger partial charge in [-0.25, -0.2) is 4.39 Å². The Morgan fingerprint density at radius 1 is 1.47 bits per heavy atom. The summed E-state index contributed by atoms with van der Waals surface area (Å²) >= 11 is 5.64. The van der Waals surface area contributed by atoms with Gasteiger partial charge in [0.1, 0.15) is 5.82 Å². The first kappa shape index (κ1) is 14.3. The minimum absolute atomic E-state index is 0.0516. The molecule has 1 saturated carbocycles. The number of nitrogens with two attached hydrogens (primary N) is 1. The quantitative estimate of drug-likeness (QED) is 0.873. The van der Waals surface area contributed by atoms with Gasteiger partial charge in [-0.15, -0.1) is 0 Å². The fourth-order valence-electron chi connectivity index (χ4n) is 2.53. The van der Waals surface area contributed by atoms with E-state index in [4.69, 9.17) is 17.3 Å². The predicted octanol–water partition coefficient (Wildman–Crippen LogP) is 2.58. The molecule has 2 rings (SSSR count).